The lowest BCUT2D eigenvalue weighted by atomic mass is 10.0. The van der Waals surface area contributed by atoms with Crippen LogP contribution in [0.2, 0.25) is 0 Å². The number of hydrogen-bond donors (Lipinski definition) is 1. The normalized spacial score (nSPS) is 14.8. The monoisotopic (exact) mass is 427 g/mol. The summed E-state index contributed by atoms with van der Waals surface area (Å²) in [4.78, 5) is 13.4. The smallest absolute Gasteiger partial charge is 0.233 e. The van der Waals surface area contributed by atoms with Gasteiger partial charge in [-0.05, 0) is 42.5 Å². The van der Waals surface area contributed by atoms with Gasteiger partial charge < -0.3 is 14.8 Å². The molecule has 1 amide bonds. The van der Waals surface area contributed by atoms with Gasteiger partial charge >= 0.3 is 0 Å². The summed E-state index contributed by atoms with van der Waals surface area (Å²) in [7, 11) is 1.51. The number of rotatable bonds is 8. The highest BCUT2D eigenvalue weighted by Crippen LogP contribution is 2.39. The quantitative estimate of drug-likeness (QED) is 0.592. The van der Waals surface area contributed by atoms with Gasteiger partial charge in [0.25, 0.3) is 0 Å². The molecule has 30 heavy (non-hydrogen) atoms. The van der Waals surface area contributed by atoms with E-state index in [-0.39, 0.29) is 17.8 Å². The number of nitrogens with one attached hydrogen (secondary N) is 1. The fraction of sp³-hybridized carbons (Fsp3) is 0.318. The number of aromatic nitrogens is 2. The number of nitrogens with zero attached hydrogens (tertiary/aromatic N) is 2. The first kappa shape index (κ1) is 20.3. The average Bonchev–Trinajstić information content (AvgIpc) is 3.41. The van der Waals surface area contributed by atoms with Gasteiger partial charge in [-0.3, -0.25) is 4.79 Å². The highest BCUT2D eigenvalue weighted by Gasteiger charge is 2.28. The molecule has 1 aliphatic heterocycles. The minimum Gasteiger partial charge on any atom is -0.487 e. The standard InChI is InChI=1S/C22H22FN3O3S/c1-28-21-8-7-19(25-26-21)18-12-15(23)10-14-11-16(29-22(14)18)13-24-20(27)6-2-4-17-5-3-9-30-17/h3,5,7-10,12,16H,2,4,6,11,13H2,1H3,(H,24,27). The molecule has 0 radical (unpaired) electrons. The number of benzene rings is 1. The SMILES string of the molecule is COc1ccc(-c2cc(F)cc3c2OC(CNC(=O)CCCc2cccs2)C3)nn1. The van der Waals surface area contributed by atoms with Crippen molar-refractivity contribution in [3.05, 3.63) is 58.0 Å². The third kappa shape index (κ3) is 4.76. The Morgan fingerprint density at radius 2 is 2.23 bits per heavy atom. The fourth-order valence-electron chi connectivity index (χ4n) is 3.47. The molecule has 156 valence electrons. The summed E-state index contributed by atoms with van der Waals surface area (Å²) in [6, 6.07) is 10.3. The van der Waals surface area contributed by atoms with Crippen molar-refractivity contribution in [3.63, 3.8) is 0 Å². The topological polar surface area (TPSA) is 73.3 Å². The Morgan fingerprint density at radius 1 is 1.33 bits per heavy atom. The van der Waals surface area contributed by atoms with Crippen LogP contribution >= 0.6 is 11.3 Å². The first-order valence-corrected chi connectivity index (χ1v) is 10.7. The van der Waals surface area contributed by atoms with Crippen LogP contribution < -0.4 is 14.8 Å². The average molecular weight is 428 g/mol. The van der Waals surface area contributed by atoms with Crippen LogP contribution in [0.4, 0.5) is 4.39 Å². The predicted octanol–water partition coefficient (Wildman–Crippen LogP) is 3.80. The zero-order valence-corrected chi connectivity index (χ0v) is 17.4. The number of ether oxygens (including phenoxy) is 2. The lowest BCUT2D eigenvalue weighted by Gasteiger charge is -2.13. The van der Waals surface area contributed by atoms with Crippen molar-refractivity contribution in [3.8, 4) is 22.9 Å². The largest absolute Gasteiger partial charge is 0.487 e. The molecule has 1 unspecified atom stereocenters. The third-order valence-electron chi connectivity index (χ3n) is 4.92. The van der Waals surface area contributed by atoms with E-state index >= 15 is 0 Å². The molecule has 1 aliphatic rings. The Balaban J connectivity index is 1.35. The molecule has 3 aromatic rings. The van der Waals surface area contributed by atoms with Crippen LogP contribution in [0.15, 0.2) is 41.8 Å². The van der Waals surface area contributed by atoms with Crippen molar-refractivity contribution < 1.29 is 18.7 Å². The number of hydrogen-bond acceptors (Lipinski definition) is 6. The van der Waals surface area contributed by atoms with E-state index in [4.69, 9.17) is 9.47 Å². The van der Waals surface area contributed by atoms with Crippen molar-refractivity contribution in [2.24, 2.45) is 0 Å². The van der Waals surface area contributed by atoms with Gasteiger partial charge in [-0.2, -0.15) is 0 Å². The van der Waals surface area contributed by atoms with Crippen molar-refractivity contribution in [2.75, 3.05) is 13.7 Å². The molecule has 0 saturated carbocycles. The number of aryl methyl sites for hydroxylation is 1. The molecule has 1 atom stereocenters. The second kappa shape index (κ2) is 9.21. The molecule has 1 N–H and O–H groups in total. The Hall–Kier alpha value is -3.00. The lowest BCUT2D eigenvalue weighted by molar-refractivity contribution is -0.121. The second-order valence-electron chi connectivity index (χ2n) is 7.08. The van der Waals surface area contributed by atoms with Gasteiger partial charge in [0.05, 0.1) is 19.3 Å². The molecule has 6 nitrogen and oxygen atoms in total. The van der Waals surface area contributed by atoms with Crippen molar-refractivity contribution in [1.29, 1.82) is 0 Å². The number of carbonyl (C=O) groups is 1. The summed E-state index contributed by atoms with van der Waals surface area (Å²) in [5, 5.41) is 13.0. The molecule has 0 spiro atoms. The van der Waals surface area contributed by atoms with Crippen molar-refractivity contribution >= 4 is 17.2 Å². The van der Waals surface area contributed by atoms with Gasteiger partial charge in [0, 0.05) is 34.9 Å². The van der Waals surface area contributed by atoms with Gasteiger partial charge in [0.2, 0.25) is 11.8 Å². The van der Waals surface area contributed by atoms with Crippen molar-refractivity contribution in [2.45, 2.75) is 31.8 Å². The summed E-state index contributed by atoms with van der Waals surface area (Å²) >= 11 is 1.71. The van der Waals surface area contributed by atoms with Gasteiger partial charge in [-0.25, -0.2) is 4.39 Å². The summed E-state index contributed by atoms with van der Waals surface area (Å²) in [6.07, 6.45) is 2.47. The van der Waals surface area contributed by atoms with E-state index in [1.54, 1.807) is 23.5 Å². The summed E-state index contributed by atoms with van der Waals surface area (Å²) in [5.74, 6) is 0.613. The van der Waals surface area contributed by atoms with E-state index in [9.17, 15) is 9.18 Å². The maximum atomic E-state index is 14.2. The number of fused-ring (bicyclic) bond motifs is 1. The molecule has 3 heterocycles. The van der Waals surface area contributed by atoms with Crippen LogP contribution in [-0.2, 0) is 17.6 Å². The Bertz CT molecular complexity index is 1010. The summed E-state index contributed by atoms with van der Waals surface area (Å²) < 4.78 is 25.2. The van der Waals surface area contributed by atoms with Crippen molar-refractivity contribution in [1.82, 2.24) is 15.5 Å². The maximum absolute atomic E-state index is 14.2. The van der Waals surface area contributed by atoms with Crippen LogP contribution in [-0.4, -0.2) is 35.9 Å². The molecule has 0 fully saturated rings. The van der Waals surface area contributed by atoms with Gasteiger partial charge in [0.1, 0.15) is 17.7 Å². The van der Waals surface area contributed by atoms with Gasteiger partial charge in [-0.1, -0.05) is 6.07 Å². The molecule has 4 rings (SSSR count). The number of halogens is 1. The Morgan fingerprint density at radius 3 is 2.97 bits per heavy atom. The number of methoxy groups -OCH3 is 1. The first-order valence-electron chi connectivity index (χ1n) is 9.78. The molecule has 8 heteroatoms. The number of amides is 1. The first-order chi connectivity index (χ1) is 14.6. The molecule has 0 saturated heterocycles. The van der Waals surface area contributed by atoms with E-state index in [2.05, 4.69) is 21.6 Å². The zero-order chi connectivity index (χ0) is 20.9. The molecular weight excluding hydrogens is 405 g/mol. The van der Waals surface area contributed by atoms with Crippen LogP contribution in [0.25, 0.3) is 11.3 Å². The number of carbonyl (C=O) groups excluding carboxylic acids is 1. The Labute approximate surface area is 178 Å². The zero-order valence-electron chi connectivity index (χ0n) is 16.6. The Kier molecular flexibility index (Phi) is 6.23. The molecule has 2 aromatic heterocycles. The molecule has 0 bridgehead atoms. The maximum Gasteiger partial charge on any atom is 0.233 e. The number of thiophene rings is 1. The molecular formula is C22H22FN3O3S. The molecule has 0 aliphatic carbocycles. The van der Waals surface area contributed by atoms with Crippen LogP contribution in [0.5, 0.6) is 11.6 Å². The highest BCUT2D eigenvalue weighted by atomic mass is 32.1. The second-order valence-corrected chi connectivity index (χ2v) is 8.12. The van der Waals surface area contributed by atoms with E-state index in [1.165, 1.54) is 24.1 Å². The van der Waals surface area contributed by atoms with E-state index < -0.39 is 0 Å². The van der Waals surface area contributed by atoms with Gasteiger partial charge in [0.15, 0.2) is 0 Å². The predicted molar refractivity (Wildman–Crippen MR) is 112 cm³/mol. The fourth-order valence-corrected chi connectivity index (χ4v) is 4.22. The van der Waals surface area contributed by atoms with Crippen LogP contribution in [0, 0.1) is 5.82 Å². The van der Waals surface area contributed by atoms with Crippen LogP contribution in [0.3, 0.4) is 0 Å². The third-order valence-corrected chi connectivity index (χ3v) is 5.86. The summed E-state index contributed by atoms with van der Waals surface area (Å²) in [5.41, 5.74) is 1.81. The summed E-state index contributed by atoms with van der Waals surface area (Å²) in [6.45, 7) is 0.377. The van der Waals surface area contributed by atoms with Crippen LogP contribution in [0.1, 0.15) is 23.3 Å². The van der Waals surface area contributed by atoms with E-state index in [1.807, 2.05) is 11.4 Å². The molecule has 1 aromatic carbocycles. The van der Waals surface area contributed by atoms with E-state index in [0.717, 1.165) is 18.4 Å². The van der Waals surface area contributed by atoms with Gasteiger partial charge in [-0.15, -0.1) is 21.5 Å². The minimum absolute atomic E-state index is 0.00135. The highest BCUT2D eigenvalue weighted by molar-refractivity contribution is 7.09. The van der Waals surface area contributed by atoms with E-state index in [0.29, 0.717) is 42.3 Å². The lowest BCUT2D eigenvalue weighted by Crippen LogP contribution is -2.34. The minimum atomic E-state index is -0.358.